The number of benzene rings is 1. The van der Waals surface area contributed by atoms with Crippen molar-refractivity contribution in [2.75, 3.05) is 6.54 Å². The highest BCUT2D eigenvalue weighted by Crippen LogP contribution is 2.34. The molecule has 1 aromatic carbocycles. The first-order valence-electron chi connectivity index (χ1n) is 7.22. The molecule has 25 heavy (non-hydrogen) atoms. The maximum Gasteiger partial charge on any atom is 0.335 e. The third kappa shape index (κ3) is 3.86. The second kappa shape index (κ2) is 7.45. The summed E-state index contributed by atoms with van der Waals surface area (Å²) < 4.78 is 0. The van der Waals surface area contributed by atoms with E-state index in [1.807, 2.05) is 5.38 Å². The second-order valence-electron chi connectivity index (χ2n) is 4.95. The molecule has 0 saturated carbocycles. The molecular formula is C17H13N3O3S2. The van der Waals surface area contributed by atoms with Gasteiger partial charge >= 0.3 is 5.97 Å². The molecule has 0 aliphatic carbocycles. The van der Waals surface area contributed by atoms with Gasteiger partial charge in [-0.15, -0.1) is 17.9 Å². The fourth-order valence-corrected chi connectivity index (χ4v) is 3.66. The average Bonchev–Trinajstić information content (AvgIpc) is 3.20. The van der Waals surface area contributed by atoms with Crippen molar-refractivity contribution in [3.63, 3.8) is 0 Å². The summed E-state index contributed by atoms with van der Waals surface area (Å²) >= 11 is 2.65. The molecule has 1 N–H and O–H groups in total. The number of hydrogen-bond acceptors (Lipinski definition) is 6. The molecule has 8 heteroatoms. The summed E-state index contributed by atoms with van der Waals surface area (Å²) in [6, 6.07) is 6.34. The van der Waals surface area contributed by atoms with Gasteiger partial charge in [0.2, 0.25) is 5.13 Å². The van der Waals surface area contributed by atoms with Gasteiger partial charge in [0, 0.05) is 18.1 Å². The molecule has 126 valence electrons. The minimum Gasteiger partial charge on any atom is -0.478 e. The average molecular weight is 371 g/mol. The summed E-state index contributed by atoms with van der Waals surface area (Å²) in [6.45, 7) is 4.03. The van der Waals surface area contributed by atoms with Crippen LogP contribution in [0.2, 0.25) is 0 Å². The summed E-state index contributed by atoms with van der Waals surface area (Å²) in [6.07, 6.45) is 5.02. The van der Waals surface area contributed by atoms with Gasteiger partial charge in [-0.3, -0.25) is 9.69 Å². The summed E-state index contributed by atoms with van der Waals surface area (Å²) in [5.41, 5.74) is 0.946. The molecule has 3 rings (SSSR count). The maximum absolute atomic E-state index is 12.6. The van der Waals surface area contributed by atoms with Crippen molar-refractivity contribution in [2.45, 2.75) is 0 Å². The molecule has 0 unspecified atom stereocenters. The summed E-state index contributed by atoms with van der Waals surface area (Å²) in [4.78, 5) is 34.1. The Bertz CT molecular complexity index is 871. The fourth-order valence-electron chi connectivity index (χ4n) is 2.11. The number of rotatable bonds is 5. The molecule has 6 nitrogen and oxygen atoms in total. The highest BCUT2D eigenvalue weighted by molar-refractivity contribution is 8.18. The van der Waals surface area contributed by atoms with Gasteiger partial charge in [-0.25, -0.2) is 9.78 Å². The molecule has 2 heterocycles. The van der Waals surface area contributed by atoms with Gasteiger partial charge in [0.25, 0.3) is 5.91 Å². The van der Waals surface area contributed by atoms with Crippen LogP contribution in [0.15, 0.2) is 58.4 Å². The van der Waals surface area contributed by atoms with Crippen LogP contribution in [0.4, 0.5) is 5.13 Å². The van der Waals surface area contributed by atoms with Gasteiger partial charge in [-0.2, -0.15) is 4.99 Å². The van der Waals surface area contributed by atoms with Crippen LogP contribution in [0, 0.1) is 0 Å². The fraction of sp³-hybridized carbons (Fsp3) is 0.0588. The topological polar surface area (TPSA) is 82.9 Å². The Morgan fingerprint density at radius 2 is 2.12 bits per heavy atom. The molecule has 1 amide bonds. The van der Waals surface area contributed by atoms with E-state index >= 15 is 0 Å². The number of aliphatic imine (C=N–C) groups is 1. The number of aromatic carboxylic acids is 1. The predicted molar refractivity (Wildman–Crippen MR) is 100 cm³/mol. The number of carbonyl (C=O) groups is 2. The summed E-state index contributed by atoms with van der Waals surface area (Å²) in [5, 5.41) is 11.9. The zero-order valence-corrected chi connectivity index (χ0v) is 14.6. The predicted octanol–water partition coefficient (Wildman–Crippen LogP) is 3.63. The van der Waals surface area contributed by atoms with E-state index in [1.54, 1.807) is 30.5 Å². The lowest BCUT2D eigenvalue weighted by Crippen LogP contribution is -2.29. The van der Waals surface area contributed by atoms with Crippen LogP contribution in [0.3, 0.4) is 0 Å². The highest BCUT2D eigenvalue weighted by atomic mass is 32.2. The number of amides is 1. The van der Waals surface area contributed by atoms with Crippen molar-refractivity contribution in [2.24, 2.45) is 4.99 Å². The lowest BCUT2D eigenvalue weighted by molar-refractivity contribution is -0.121. The van der Waals surface area contributed by atoms with E-state index in [0.717, 1.165) is 5.56 Å². The maximum atomic E-state index is 12.6. The Morgan fingerprint density at radius 3 is 2.72 bits per heavy atom. The van der Waals surface area contributed by atoms with Crippen molar-refractivity contribution >= 4 is 51.4 Å². The minimum absolute atomic E-state index is 0.164. The normalized spacial score (nSPS) is 17.4. The molecule has 0 atom stereocenters. The highest BCUT2D eigenvalue weighted by Gasteiger charge is 2.32. The Hall–Kier alpha value is -2.71. The number of aromatic nitrogens is 1. The molecule has 1 saturated heterocycles. The lowest BCUT2D eigenvalue weighted by Gasteiger charge is -2.11. The van der Waals surface area contributed by atoms with Crippen molar-refractivity contribution in [3.8, 4) is 0 Å². The Balaban J connectivity index is 1.90. The molecule has 1 aliphatic rings. The van der Waals surface area contributed by atoms with Gasteiger partial charge in [0.1, 0.15) is 0 Å². The van der Waals surface area contributed by atoms with Crippen LogP contribution in [-0.2, 0) is 4.79 Å². The van der Waals surface area contributed by atoms with Crippen molar-refractivity contribution < 1.29 is 14.7 Å². The van der Waals surface area contributed by atoms with Crippen LogP contribution in [0.5, 0.6) is 0 Å². The Kier molecular flexibility index (Phi) is 5.11. The molecule has 1 aromatic heterocycles. The first-order chi connectivity index (χ1) is 12.1. The van der Waals surface area contributed by atoms with Gasteiger partial charge in [0.05, 0.1) is 10.5 Å². The van der Waals surface area contributed by atoms with Crippen molar-refractivity contribution in [3.05, 3.63) is 64.5 Å². The van der Waals surface area contributed by atoms with Gasteiger partial charge in [-0.05, 0) is 35.5 Å². The van der Waals surface area contributed by atoms with E-state index in [9.17, 15) is 9.59 Å². The van der Waals surface area contributed by atoms with Gasteiger partial charge in [0.15, 0.2) is 5.17 Å². The number of thioether (sulfide) groups is 1. The van der Waals surface area contributed by atoms with Crippen LogP contribution in [-0.4, -0.2) is 38.6 Å². The molecule has 1 fully saturated rings. The van der Waals surface area contributed by atoms with E-state index in [1.165, 1.54) is 40.1 Å². The number of carboxylic acid groups (broad SMARTS) is 1. The monoisotopic (exact) mass is 371 g/mol. The first-order valence-corrected chi connectivity index (χ1v) is 8.92. The standard InChI is InChI=1S/C17H13N3O3S2/c1-2-8-20-14(21)13(25-17(20)19-16-18-7-9-24-16)10-11-3-5-12(6-4-11)15(22)23/h2-7,9-10H,1,8H2,(H,22,23)/b13-10-,19-17+. The Morgan fingerprint density at radius 1 is 1.36 bits per heavy atom. The SMILES string of the molecule is C=CCN1C(=O)/C(=C/c2ccc(C(=O)O)cc2)S/C1=N/c1nccs1. The molecule has 2 aromatic rings. The van der Waals surface area contributed by atoms with E-state index in [-0.39, 0.29) is 11.5 Å². The molecule has 0 radical (unpaired) electrons. The third-order valence-corrected chi connectivity index (χ3v) is 4.94. The zero-order valence-electron chi connectivity index (χ0n) is 13.0. The Labute approximate surface area is 152 Å². The third-order valence-electron chi connectivity index (χ3n) is 3.27. The van der Waals surface area contributed by atoms with Crippen LogP contribution >= 0.6 is 23.1 Å². The van der Waals surface area contributed by atoms with E-state index < -0.39 is 5.97 Å². The van der Waals surface area contributed by atoms with Crippen LogP contribution < -0.4 is 0 Å². The van der Waals surface area contributed by atoms with E-state index in [4.69, 9.17) is 5.11 Å². The van der Waals surface area contributed by atoms with Gasteiger partial charge < -0.3 is 5.11 Å². The summed E-state index contributed by atoms with van der Waals surface area (Å²) in [5.74, 6) is -1.15. The largest absolute Gasteiger partial charge is 0.478 e. The number of thiazole rings is 1. The quantitative estimate of drug-likeness (QED) is 0.641. The van der Waals surface area contributed by atoms with Crippen molar-refractivity contribution in [1.82, 2.24) is 9.88 Å². The summed E-state index contributed by atoms with van der Waals surface area (Å²) in [7, 11) is 0. The van der Waals surface area contributed by atoms with Crippen LogP contribution in [0.1, 0.15) is 15.9 Å². The first kappa shape index (κ1) is 17.1. The van der Waals surface area contributed by atoms with E-state index in [2.05, 4.69) is 16.6 Å². The van der Waals surface area contributed by atoms with Gasteiger partial charge in [-0.1, -0.05) is 18.2 Å². The second-order valence-corrected chi connectivity index (χ2v) is 6.83. The number of carbonyl (C=O) groups excluding carboxylic acids is 1. The molecule has 1 aliphatic heterocycles. The minimum atomic E-state index is -0.986. The number of nitrogens with zero attached hydrogens (tertiary/aromatic N) is 3. The van der Waals surface area contributed by atoms with Crippen molar-refractivity contribution in [1.29, 1.82) is 0 Å². The molecule has 0 bridgehead atoms. The van der Waals surface area contributed by atoms with E-state index in [0.29, 0.717) is 21.7 Å². The molecule has 0 spiro atoms. The smallest absolute Gasteiger partial charge is 0.335 e. The number of carboxylic acids is 1. The lowest BCUT2D eigenvalue weighted by atomic mass is 10.1. The number of amidine groups is 1. The molecular weight excluding hydrogens is 358 g/mol. The van der Waals surface area contributed by atoms with Crippen LogP contribution in [0.25, 0.3) is 6.08 Å². The number of hydrogen-bond donors (Lipinski definition) is 1. The zero-order chi connectivity index (χ0) is 17.8.